The van der Waals surface area contributed by atoms with Crippen LogP contribution in [0.1, 0.15) is 106 Å². The summed E-state index contributed by atoms with van der Waals surface area (Å²) in [5.41, 5.74) is 2.41. The van der Waals surface area contributed by atoms with Gasteiger partial charge in [0.25, 0.3) is 0 Å². The second-order valence-corrected chi connectivity index (χ2v) is 13.8. The average molecular weight is 415 g/mol. The highest BCUT2D eigenvalue weighted by atomic mass is 16.4. The van der Waals surface area contributed by atoms with Crippen LogP contribution < -0.4 is 0 Å². The van der Waals surface area contributed by atoms with Gasteiger partial charge < -0.3 is 5.11 Å². The summed E-state index contributed by atoms with van der Waals surface area (Å²) in [6.07, 6.45) is 11.5. The Hall–Kier alpha value is -0.530. The summed E-state index contributed by atoms with van der Waals surface area (Å²) in [5.74, 6) is 3.80. The van der Waals surface area contributed by atoms with Crippen LogP contribution in [0.5, 0.6) is 0 Å². The zero-order valence-electron chi connectivity index (χ0n) is 20.7. The van der Waals surface area contributed by atoms with E-state index >= 15 is 0 Å². The van der Waals surface area contributed by atoms with E-state index in [1.54, 1.807) is 0 Å². The van der Waals surface area contributed by atoms with Crippen molar-refractivity contribution in [2.75, 3.05) is 0 Å². The maximum Gasteiger partial charge on any atom is 0.303 e. The quantitative estimate of drug-likeness (QED) is 0.521. The second kappa shape index (κ2) is 6.07. The van der Waals surface area contributed by atoms with Crippen molar-refractivity contribution in [1.82, 2.24) is 0 Å². The monoisotopic (exact) mass is 414 g/mol. The van der Waals surface area contributed by atoms with E-state index < -0.39 is 5.97 Å². The van der Waals surface area contributed by atoms with E-state index in [1.165, 1.54) is 51.4 Å². The molecule has 0 heterocycles. The molecule has 0 aromatic heterocycles. The molecule has 2 spiro atoms. The molecule has 1 N–H and O–H groups in total. The predicted octanol–water partition coefficient (Wildman–Crippen LogP) is 7.42. The summed E-state index contributed by atoms with van der Waals surface area (Å²) in [5, 5.41) is 9.46. The summed E-state index contributed by atoms with van der Waals surface area (Å²) in [4.78, 5) is 11.5. The molecular weight excluding hydrogens is 368 g/mol. The van der Waals surface area contributed by atoms with Gasteiger partial charge in [-0.2, -0.15) is 0 Å². The van der Waals surface area contributed by atoms with Crippen molar-refractivity contribution in [3.63, 3.8) is 0 Å². The summed E-state index contributed by atoms with van der Waals surface area (Å²) < 4.78 is 0. The van der Waals surface area contributed by atoms with Crippen LogP contribution in [0.25, 0.3) is 0 Å². The Bertz CT molecular complexity index is 756. The fourth-order valence-corrected chi connectivity index (χ4v) is 11.6. The first-order chi connectivity index (χ1) is 13.9. The van der Waals surface area contributed by atoms with Crippen LogP contribution >= 0.6 is 0 Å². The largest absolute Gasteiger partial charge is 0.481 e. The number of aliphatic carboxylic acids is 1. The molecular formula is C28H46O2. The molecule has 0 bridgehead atoms. The van der Waals surface area contributed by atoms with E-state index in [1.807, 2.05) is 0 Å². The standard InChI is InChI=1S/C28H46O2/c1-17(16-23(29)30)20-11-12-26(7)22-9-8-21-24(4,5)18(2)10-13-27(21)19(3)28(22,27)15-14-25(20,26)6/h17-22H,8-16H2,1-7H3,(H,29,30)/t17-,18?,19-,20-,21?,22+,25?,26+,27?,28+/m1/s1. The fourth-order valence-electron chi connectivity index (χ4n) is 11.6. The molecule has 170 valence electrons. The molecule has 0 aromatic carbocycles. The zero-order valence-corrected chi connectivity index (χ0v) is 20.7. The lowest BCUT2D eigenvalue weighted by Crippen LogP contribution is -2.56. The maximum atomic E-state index is 11.5. The van der Waals surface area contributed by atoms with E-state index in [9.17, 15) is 9.90 Å². The minimum absolute atomic E-state index is 0.305. The van der Waals surface area contributed by atoms with Crippen molar-refractivity contribution in [3.8, 4) is 0 Å². The Morgan fingerprint density at radius 3 is 2.17 bits per heavy atom. The lowest BCUT2D eigenvalue weighted by Gasteiger charge is -2.63. The van der Waals surface area contributed by atoms with Crippen molar-refractivity contribution in [2.45, 2.75) is 106 Å². The normalized spacial score (nSPS) is 56.8. The van der Waals surface area contributed by atoms with Gasteiger partial charge in [-0.3, -0.25) is 4.79 Å². The number of carbonyl (C=O) groups is 1. The molecule has 0 amide bonds. The smallest absolute Gasteiger partial charge is 0.303 e. The number of hydrogen-bond acceptors (Lipinski definition) is 1. The van der Waals surface area contributed by atoms with Crippen molar-refractivity contribution in [3.05, 3.63) is 0 Å². The average Bonchev–Trinajstić information content (AvgIpc) is 3.05. The van der Waals surface area contributed by atoms with E-state index in [2.05, 4.69) is 48.5 Å². The molecule has 0 saturated heterocycles. The van der Waals surface area contributed by atoms with Gasteiger partial charge in [-0.25, -0.2) is 0 Å². The molecule has 30 heavy (non-hydrogen) atoms. The van der Waals surface area contributed by atoms with Gasteiger partial charge in [0, 0.05) is 6.42 Å². The third kappa shape index (κ3) is 2.11. The molecule has 0 aliphatic heterocycles. The van der Waals surface area contributed by atoms with Gasteiger partial charge in [-0.15, -0.1) is 0 Å². The predicted molar refractivity (Wildman–Crippen MR) is 122 cm³/mol. The molecule has 5 rings (SSSR count). The number of hydrogen-bond donors (Lipinski definition) is 1. The fraction of sp³-hybridized carbons (Fsp3) is 0.964. The molecule has 2 nitrogen and oxygen atoms in total. The SMILES string of the molecule is CC1CCC23C(CC[C@@H]4[C@]2(CCC2(C)[C@@H]([C@H](C)CC(=O)O)CC[C@@]42C)[C@@H]3C)C1(C)C. The first-order valence-electron chi connectivity index (χ1n) is 13.1. The lowest BCUT2D eigenvalue weighted by atomic mass is 9.41. The highest BCUT2D eigenvalue weighted by Gasteiger charge is 2.85. The number of carboxylic acids is 1. The molecule has 2 heteroatoms. The van der Waals surface area contributed by atoms with Crippen LogP contribution in [0.15, 0.2) is 0 Å². The van der Waals surface area contributed by atoms with Crippen LogP contribution in [-0.4, -0.2) is 11.1 Å². The van der Waals surface area contributed by atoms with Gasteiger partial charge in [0.15, 0.2) is 0 Å². The van der Waals surface area contributed by atoms with Crippen LogP contribution in [0, 0.1) is 62.6 Å². The Morgan fingerprint density at radius 2 is 1.50 bits per heavy atom. The van der Waals surface area contributed by atoms with Gasteiger partial charge in [-0.1, -0.05) is 48.5 Å². The Kier molecular flexibility index (Phi) is 4.32. The molecule has 5 saturated carbocycles. The van der Waals surface area contributed by atoms with E-state index in [0.717, 1.165) is 23.7 Å². The third-order valence-corrected chi connectivity index (χ3v) is 13.6. The number of rotatable bonds is 3. The first-order valence-corrected chi connectivity index (χ1v) is 13.1. The van der Waals surface area contributed by atoms with E-state index in [0.29, 0.717) is 45.3 Å². The zero-order chi connectivity index (χ0) is 21.9. The molecule has 10 atom stereocenters. The Balaban J connectivity index is 1.51. The van der Waals surface area contributed by atoms with E-state index in [-0.39, 0.29) is 0 Å². The topological polar surface area (TPSA) is 37.3 Å². The molecule has 5 aliphatic rings. The lowest BCUT2D eigenvalue weighted by molar-refractivity contribution is -0.152. The molecule has 5 fully saturated rings. The van der Waals surface area contributed by atoms with Crippen LogP contribution in [0.3, 0.4) is 0 Å². The molecule has 0 aromatic rings. The Morgan fingerprint density at radius 1 is 0.867 bits per heavy atom. The van der Waals surface area contributed by atoms with Gasteiger partial charge in [0.2, 0.25) is 0 Å². The van der Waals surface area contributed by atoms with Gasteiger partial charge >= 0.3 is 5.97 Å². The van der Waals surface area contributed by atoms with Gasteiger partial charge in [-0.05, 0) is 114 Å². The minimum Gasteiger partial charge on any atom is -0.481 e. The summed E-state index contributed by atoms with van der Waals surface area (Å²) >= 11 is 0. The first kappa shape index (κ1) is 21.3. The Labute approximate surface area is 185 Å². The van der Waals surface area contributed by atoms with Crippen molar-refractivity contribution in [1.29, 1.82) is 0 Å². The van der Waals surface area contributed by atoms with Crippen LogP contribution in [0.2, 0.25) is 0 Å². The molecule has 0 radical (unpaired) electrons. The highest BCUT2D eigenvalue weighted by molar-refractivity contribution is 5.67. The van der Waals surface area contributed by atoms with Gasteiger partial charge in [0.05, 0.1) is 0 Å². The van der Waals surface area contributed by atoms with Crippen molar-refractivity contribution >= 4 is 5.97 Å². The third-order valence-electron chi connectivity index (χ3n) is 13.6. The van der Waals surface area contributed by atoms with Gasteiger partial charge in [0.1, 0.15) is 0 Å². The highest BCUT2D eigenvalue weighted by Crippen LogP contribution is 2.91. The van der Waals surface area contributed by atoms with Crippen LogP contribution in [0.4, 0.5) is 0 Å². The van der Waals surface area contributed by atoms with Crippen LogP contribution in [-0.2, 0) is 4.79 Å². The summed E-state index contributed by atoms with van der Waals surface area (Å²) in [6.45, 7) is 17.8. The van der Waals surface area contributed by atoms with Crippen molar-refractivity contribution in [2.24, 2.45) is 62.6 Å². The summed E-state index contributed by atoms with van der Waals surface area (Å²) in [7, 11) is 0. The van der Waals surface area contributed by atoms with Crippen molar-refractivity contribution < 1.29 is 9.90 Å². The molecule has 5 aliphatic carbocycles. The minimum atomic E-state index is -0.610. The summed E-state index contributed by atoms with van der Waals surface area (Å²) in [6, 6.07) is 0. The molecule has 4 unspecified atom stereocenters. The second-order valence-electron chi connectivity index (χ2n) is 13.8. The number of carboxylic acid groups (broad SMARTS) is 1. The van der Waals surface area contributed by atoms with E-state index in [4.69, 9.17) is 0 Å². The number of fused-ring (bicyclic) bond motifs is 2. The maximum absolute atomic E-state index is 11.5.